The minimum absolute atomic E-state index is 0.790. The van der Waals surface area contributed by atoms with Crippen molar-refractivity contribution >= 4 is 0 Å². The van der Waals surface area contributed by atoms with Gasteiger partial charge in [0.2, 0.25) is 0 Å². The Balaban J connectivity index is 1.84. The molecule has 3 atom stereocenters. The van der Waals surface area contributed by atoms with Crippen LogP contribution < -0.4 is 0 Å². The molecule has 0 aliphatic heterocycles. The molecule has 3 unspecified atom stereocenters. The van der Waals surface area contributed by atoms with Crippen molar-refractivity contribution in [2.45, 2.75) is 51.4 Å². The Morgan fingerprint density at radius 2 is 1.94 bits per heavy atom. The van der Waals surface area contributed by atoms with Crippen molar-refractivity contribution in [3.63, 3.8) is 0 Å². The predicted octanol–water partition coefficient (Wildman–Crippen LogP) is 5.04. The third-order valence-electron chi connectivity index (χ3n) is 4.93. The Kier molecular flexibility index (Phi) is 3.22. The fourth-order valence-electron chi connectivity index (χ4n) is 4.07. The highest BCUT2D eigenvalue weighted by Crippen LogP contribution is 2.45. The number of hydrogen-bond donors (Lipinski definition) is 0. The number of allylic oxidation sites excluding steroid dienone is 5. The van der Waals surface area contributed by atoms with Gasteiger partial charge in [-0.1, -0.05) is 42.2 Å². The lowest BCUT2D eigenvalue weighted by Crippen LogP contribution is -2.24. The molecule has 0 aromatic heterocycles. The molecule has 0 heteroatoms. The summed E-state index contributed by atoms with van der Waals surface area (Å²) >= 11 is 0. The van der Waals surface area contributed by atoms with E-state index in [1.165, 1.54) is 51.4 Å². The van der Waals surface area contributed by atoms with Crippen LogP contribution in [-0.2, 0) is 0 Å². The van der Waals surface area contributed by atoms with E-state index < -0.39 is 0 Å². The topological polar surface area (TPSA) is 0 Å². The van der Waals surface area contributed by atoms with Crippen LogP contribution in [0.15, 0.2) is 36.0 Å². The van der Waals surface area contributed by atoms with Crippen LogP contribution in [0.2, 0.25) is 0 Å². The summed E-state index contributed by atoms with van der Waals surface area (Å²) in [5.41, 5.74) is 3.54. The Morgan fingerprint density at radius 1 is 1.06 bits per heavy atom. The summed E-state index contributed by atoms with van der Waals surface area (Å²) in [5, 5.41) is 0. The fourth-order valence-corrected chi connectivity index (χ4v) is 4.07. The summed E-state index contributed by atoms with van der Waals surface area (Å²) in [6.07, 6.45) is 18.5. The van der Waals surface area contributed by atoms with Crippen molar-refractivity contribution in [1.82, 2.24) is 0 Å². The molecule has 0 saturated heterocycles. The minimum Gasteiger partial charge on any atom is -0.103 e. The van der Waals surface area contributed by atoms with E-state index in [-0.39, 0.29) is 0 Å². The van der Waals surface area contributed by atoms with Crippen LogP contribution in [0.1, 0.15) is 51.4 Å². The molecule has 92 valence electrons. The summed E-state index contributed by atoms with van der Waals surface area (Å²) in [7, 11) is 0. The molecule has 0 nitrogen and oxygen atoms in total. The molecule has 0 amide bonds. The second kappa shape index (κ2) is 4.84. The SMILES string of the molecule is C=CCC1CCCC2C=C3CCCCC3C=C21. The van der Waals surface area contributed by atoms with E-state index in [0.717, 1.165) is 17.8 Å². The van der Waals surface area contributed by atoms with Gasteiger partial charge in [-0.05, 0) is 56.3 Å². The van der Waals surface area contributed by atoms with Crippen LogP contribution in [0.5, 0.6) is 0 Å². The second-order valence-electron chi connectivity index (χ2n) is 6.02. The maximum absolute atomic E-state index is 3.93. The Bertz CT molecular complexity index is 358. The third kappa shape index (κ3) is 2.14. The molecular weight excluding hydrogens is 204 g/mol. The molecule has 2 saturated carbocycles. The highest BCUT2D eigenvalue weighted by Gasteiger charge is 2.31. The Labute approximate surface area is 105 Å². The molecule has 3 aliphatic rings. The summed E-state index contributed by atoms with van der Waals surface area (Å²) in [6.45, 7) is 3.93. The maximum atomic E-state index is 3.93. The lowest BCUT2D eigenvalue weighted by molar-refractivity contribution is 0.383. The van der Waals surface area contributed by atoms with E-state index in [0.29, 0.717) is 0 Å². The van der Waals surface area contributed by atoms with Gasteiger partial charge < -0.3 is 0 Å². The molecule has 0 aromatic rings. The average Bonchev–Trinajstić information content (AvgIpc) is 2.37. The quantitative estimate of drug-likeness (QED) is 0.581. The van der Waals surface area contributed by atoms with Gasteiger partial charge in [0.1, 0.15) is 0 Å². The first-order valence-corrected chi connectivity index (χ1v) is 7.41. The van der Waals surface area contributed by atoms with E-state index in [9.17, 15) is 0 Å². The molecular formula is C17H24. The largest absolute Gasteiger partial charge is 0.103 e. The van der Waals surface area contributed by atoms with E-state index in [2.05, 4.69) is 24.8 Å². The van der Waals surface area contributed by atoms with Gasteiger partial charge in [-0.2, -0.15) is 0 Å². The van der Waals surface area contributed by atoms with Crippen LogP contribution in [0, 0.1) is 17.8 Å². The molecule has 0 spiro atoms. The molecule has 0 bridgehead atoms. The highest BCUT2D eigenvalue weighted by atomic mass is 14.4. The molecule has 17 heavy (non-hydrogen) atoms. The zero-order valence-corrected chi connectivity index (χ0v) is 10.8. The normalized spacial score (nSPS) is 36.4. The minimum atomic E-state index is 0.790. The van der Waals surface area contributed by atoms with Crippen LogP contribution in [0.3, 0.4) is 0 Å². The molecule has 3 rings (SSSR count). The summed E-state index contributed by atoms with van der Waals surface area (Å²) in [6, 6.07) is 0. The second-order valence-corrected chi connectivity index (χ2v) is 6.02. The van der Waals surface area contributed by atoms with Gasteiger partial charge in [-0.3, -0.25) is 0 Å². The summed E-state index contributed by atoms with van der Waals surface area (Å²) < 4.78 is 0. The molecule has 0 heterocycles. The average molecular weight is 228 g/mol. The van der Waals surface area contributed by atoms with E-state index in [1.807, 2.05) is 0 Å². The van der Waals surface area contributed by atoms with Crippen molar-refractivity contribution in [1.29, 1.82) is 0 Å². The molecule has 2 fully saturated rings. The smallest absolute Gasteiger partial charge is 0.00173 e. The lowest BCUT2D eigenvalue weighted by Gasteiger charge is -2.38. The van der Waals surface area contributed by atoms with Gasteiger partial charge >= 0.3 is 0 Å². The zero-order valence-electron chi connectivity index (χ0n) is 10.8. The fraction of sp³-hybridized carbons (Fsp3) is 0.647. The van der Waals surface area contributed by atoms with Crippen LogP contribution >= 0.6 is 0 Å². The molecule has 0 N–H and O–H groups in total. The predicted molar refractivity (Wildman–Crippen MR) is 73.8 cm³/mol. The first-order valence-electron chi connectivity index (χ1n) is 7.41. The Hall–Kier alpha value is -0.780. The summed E-state index contributed by atoms with van der Waals surface area (Å²) in [4.78, 5) is 0. The third-order valence-corrected chi connectivity index (χ3v) is 4.93. The van der Waals surface area contributed by atoms with Crippen molar-refractivity contribution < 1.29 is 0 Å². The summed E-state index contributed by atoms with van der Waals surface area (Å²) in [5.74, 6) is 2.41. The Morgan fingerprint density at radius 3 is 2.82 bits per heavy atom. The van der Waals surface area contributed by atoms with Gasteiger partial charge in [0.15, 0.2) is 0 Å². The zero-order chi connectivity index (χ0) is 11.7. The highest BCUT2D eigenvalue weighted by molar-refractivity contribution is 5.32. The maximum Gasteiger partial charge on any atom is -0.00173 e. The van der Waals surface area contributed by atoms with E-state index >= 15 is 0 Å². The van der Waals surface area contributed by atoms with Gasteiger partial charge in [0.05, 0.1) is 0 Å². The van der Waals surface area contributed by atoms with Crippen LogP contribution in [0.25, 0.3) is 0 Å². The molecule has 0 radical (unpaired) electrons. The molecule has 0 aromatic carbocycles. The first-order chi connectivity index (χ1) is 8.38. The van der Waals surface area contributed by atoms with E-state index in [4.69, 9.17) is 0 Å². The van der Waals surface area contributed by atoms with Crippen molar-refractivity contribution in [2.24, 2.45) is 17.8 Å². The number of hydrogen-bond acceptors (Lipinski definition) is 0. The molecule has 3 aliphatic carbocycles. The van der Waals surface area contributed by atoms with Crippen molar-refractivity contribution in [3.05, 3.63) is 36.0 Å². The van der Waals surface area contributed by atoms with Gasteiger partial charge in [-0.25, -0.2) is 0 Å². The van der Waals surface area contributed by atoms with Crippen LogP contribution in [0.4, 0.5) is 0 Å². The van der Waals surface area contributed by atoms with Crippen LogP contribution in [-0.4, -0.2) is 0 Å². The number of fused-ring (bicyclic) bond motifs is 2. The first kappa shape index (κ1) is 11.3. The van der Waals surface area contributed by atoms with Gasteiger partial charge in [0.25, 0.3) is 0 Å². The monoisotopic (exact) mass is 228 g/mol. The van der Waals surface area contributed by atoms with Crippen molar-refractivity contribution in [3.8, 4) is 0 Å². The number of rotatable bonds is 2. The van der Waals surface area contributed by atoms with Gasteiger partial charge in [0, 0.05) is 0 Å². The standard InChI is InChI=1S/C17H24/c1-2-6-13-9-5-10-16-11-14-7-3-4-8-15(14)12-17(13)16/h2,11-13,15-16H,1,3-10H2. The van der Waals surface area contributed by atoms with Gasteiger partial charge in [-0.15, -0.1) is 6.58 Å². The lowest BCUT2D eigenvalue weighted by atomic mass is 9.67. The van der Waals surface area contributed by atoms with E-state index in [1.54, 1.807) is 11.1 Å². The van der Waals surface area contributed by atoms with Crippen molar-refractivity contribution in [2.75, 3.05) is 0 Å².